The maximum Gasteiger partial charge on any atom is 0.220 e. The summed E-state index contributed by atoms with van der Waals surface area (Å²) in [7, 11) is 1.64. The summed E-state index contributed by atoms with van der Waals surface area (Å²) >= 11 is 0. The first-order chi connectivity index (χ1) is 5.83. The molecular weight excluding hydrogens is 158 g/mol. The van der Waals surface area contributed by atoms with E-state index in [1.807, 2.05) is 0 Å². The lowest BCUT2D eigenvalue weighted by molar-refractivity contribution is -0.119. The largest absolute Gasteiger partial charge is 0.382 e. The Bertz CT molecular complexity index is 149. The summed E-state index contributed by atoms with van der Waals surface area (Å²) in [6.07, 6.45) is 1.53. The van der Waals surface area contributed by atoms with Crippen LogP contribution in [0.1, 0.15) is 12.8 Å². The van der Waals surface area contributed by atoms with Crippen molar-refractivity contribution in [2.45, 2.75) is 18.9 Å². The molecule has 1 amide bonds. The lowest BCUT2D eigenvalue weighted by atomic mass is 10.2. The van der Waals surface area contributed by atoms with Crippen molar-refractivity contribution in [1.82, 2.24) is 5.32 Å². The highest BCUT2D eigenvalue weighted by Crippen LogP contribution is 2.06. The van der Waals surface area contributed by atoms with E-state index in [0.717, 1.165) is 6.42 Å². The fourth-order valence-electron chi connectivity index (χ4n) is 1.17. The Morgan fingerprint density at radius 3 is 3.00 bits per heavy atom. The molecule has 1 N–H and O–H groups in total. The maximum atomic E-state index is 10.8. The molecule has 12 heavy (non-hydrogen) atoms. The molecule has 1 fully saturated rings. The lowest BCUT2D eigenvalue weighted by Crippen LogP contribution is -2.30. The van der Waals surface area contributed by atoms with Crippen LogP contribution in [0, 0.1) is 0 Å². The van der Waals surface area contributed by atoms with Crippen molar-refractivity contribution in [3.8, 4) is 0 Å². The van der Waals surface area contributed by atoms with Crippen LogP contribution < -0.4 is 5.32 Å². The molecule has 0 aromatic carbocycles. The van der Waals surface area contributed by atoms with Gasteiger partial charge in [0.1, 0.15) is 0 Å². The van der Waals surface area contributed by atoms with E-state index in [1.54, 1.807) is 7.11 Å². The molecule has 1 aliphatic heterocycles. The summed E-state index contributed by atoms with van der Waals surface area (Å²) in [5, 5.41) is 2.83. The fourth-order valence-corrected chi connectivity index (χ4v) is 1.17. The van der Waals surface area contributed by atoms with E-state index in [1.165, 1.54) is 0 Å². The first-order valence-electron chi connectivity index (χ1n) is 4.19. The van der Waals surface area contributed by atoms with Gasteiger partial charge in [0.2, 0.25) is 5.91 Å². The molecule has 0 aromatic rings. The topological polar surface area (TPSA) is 47.6 Å². The van der Waals surface area contributed by atoms with Gasteiger partial charge in [-0.15, -0.1) is 0 Å². The van der Waals surface area contributed by atoms with Gasteiger partial charge in [-0.1, -0.05) is 0 Å². The van der Waals surface area contributed by atoms with Crippen LogP contribution in [0.4, 0.5) is 0 Å². The lowest BCUT2D eigenvalue weighted by Gasteiger charge is -2.09. The molecular formula is C8H15NO3. The molecule has 0 spiro atoms. The summed E-state index contributed by atoms with van der Waals surface area (Å²) < 4.78 is 10.1. The van der Waals surface area contributed by atoms with Gasteiger partial charge < -0.3 is 14.8 Å². The number of carbonyl (C=O) groups excluding carboxylic acids is 1. The van der Waals surface area contributed by atoms with Crippen molar-refractivity contribution in [1.29, 1.82) is 0 Å². The van der Waals surface area contributed by atoms with Crippen LogP contribution >= 0.6 is 0 Å². The summed E-state index contributed by atoms with van der Waals surface area (Å²) in [4.78, 5) is 10.8. The number of nitrogens with one attached hydrogen (secondary N) is 1. The summed E-state index contributed by atoms with van der Waals surface area (Å²) in [6, 6.07) is 0.217. The predicted molar refractivity (Wildman–Crippen MR) is 43.9 cm³/mol. The molecule has 0 unspecified atom stereocenters. The van der Waals surface area contributed by atoms with Gasteiger partial charge in [0.05, 0.1) is 25.9 Å². The molecule has 1 heterocycles. The molecule has 0 radical (unpaired) electrons. The molecule has 1 saturated heterocycles. The molecule has 4 nitrogen and oxygen atoms in total. The fraction of sp³-hybridized carbons (Fsp3) is 0.875. The van der Waals surface area contributed by atoms with Gasteiger partial charge in [0, 0.05) is 13.5 Å². The van der Waals surface area contributed by atoms with Crippen LogP contribution in [0.15, 0.2) is 0 Å². The second kappa shape index (κ2) is 5.11. The standard InChI is InChI=1S/C8H15NO3/c1-11-4-5-12-6-7-2-3-8(10)9-7/h7H,2-6H2,1H3,(H,9,10)/t7-/m0/s1. The van der Waals surface area contributed by atoms with E-state index in [2.05, 4.69) is 5.32 Å². The quantitative estimate of drug-likeness (QED) is 0.592. The normalized spacial score (nSPS) is 22.8. The minimum absolute atomic E-state index is 0.135. The van der Waals surface area contributed by atoms with Crippen LogP contribution in [0.2, 0.25) is 0 Å². The Kier molecular flexibility index (Phi) is 4.04. The number of hydrogen-bond donors (Lipinski definition) is 1. The van der Waals surface area contributed by atoms with E-state index in [0.29, 0.717) is 26.2 Å². The van der Waals surface area contributed by atoms with Gasteiger partial charge >= 0.3 is 0 Å². The van der Waals surface area contributed by atoms with Crippen LogP contribution in [0.3, 0.4) is 0 Å². The van der Waals surface area contributed by atoms with Crippen LogP contribution in [-0.4, -0.2) is 38.9 Å². The monoisotopic (exact) mass is 173 g/mol. The van der Waals surface area contributed by atoms with Crippen molar-refractivity contribution in [3.63, 3.8) is 0 Å². The molecule has 1 aliphatic rings. The van der Waals surface area contributed by atoms with Crippen LogP contribution in [-0.2, 0) is 14.3 Å². The van der Waals surface area contributed by atoms with Gasteiger partial charge in [-0.05, 0) is 6.42 Å². The predicted octanol–water partition coefficient (Wildman–Crippen LogP) is -0.0720. The molecule has 70 valence electrons. The number of hydrogen-bond acceptors (Lipinski definition) is 3. The van der Waals surface area contributed by atoms with E-state index >= 15 is 0 Å². The zero-order valence-corrected chi connectivity index (χ0v) is 7.34. The number of ether oxygens (including phenoxy) is 2. The van der Waals surface area contributed by atoms with Crippen LogP contribution in [0.5, 0.6) is 0 Å². The van der Waals surface area contributed by atoms with Gasteiger partial charge in [0.25, 0.3) is 0 Å². The zero-order valence-electron chi connectivity index (χ0n) is 7.34. The summed E-state index contributed by atoms with van der Waals surface area (Å²) in [5.74, 6) is 0.135. The SMILES string of the molecule is COCCOC[C@@H]1CCC(=O)N1. The average Bonchev–Trinajstić information content (AvgIpc) is 2.45. The number of rotatable bonds is 5. The molecule has 0 aromatic heterocycles. The first kappa shape index (κ1) is 9.48. The Morgan fingerprint density at radius 2 is 2.42 bits per heavy atom. The van der Waals surface area contributed by atoms with Crippen molar-refractivity contribution >= 4 is 5.91 Å². The zero-order chi connectivity index (χ0) is 8.81. The minimum Gasteiger partial charge on any atom is -0.382 e. The van der Waals surface area contributed by atoms with Crippen molar-refractivity contribution in [3.05, 3.63) is 0 Å². The smallest absolute Gasteiger partial charge is 0.220 e. The third kappa shape index (κ3) is 3.19. The molecule has 0 bridgehead atoms. The molecule has 4 heteroatoms. The van der Waals surface area contributed by atoms with Crippen molar-refractivity contribution in [2.75, 3.05) is 26.9 Å². The second-order valence-electron chi connectivity index (χ2n) is 2.87. The molecule has 1 rings (SSSR count). The highest BCUT2D eigenvalue weighted by molar-refractivity contribution is 5.78. The molecule has 1 atom stereocenters. The van der Waals surface area contributed by atoms with Gasteiger partial charge in [-0.3, -0.25) is 4.79 Å². The third-order valence-electron chi connectivity index (χ3n) is 1.84. The Hall–Kier alpha value is -0.610. The third-order valence-corrected chi connectivity index (χ3v) is 1.84. The molecule has 0 saturated carbocycles. The first-order valence-corrected chi connectivity index (χ1v) is 4.19. The molecule has 0 aliphatic carbocycles. The average molecular weight is 173 g/mol. The Balaban J connectivity index is 1.97. The minimum atomic E-state index is 0.135. The number of methoxy groups -OCH3 is 1. The van der Waals surface area contributed by atoms with Crippen LogP contribution in [0.25, 0.3) is 0 Å². The van der Waals surface area contributed by atoms with E-state index in [4.69, 9.17) is 9.47 Å². The number of carbonyl (C=O) groups is 1. The summed E-state index contributed by atoms with van der Waals surface area (Å²) in [6.45, 7) is 1.82. The van der Waals surface area contributed by atoms with Gasteiger partial charge in [0.15, 0.2) is 0 Å². The summed E-state index contributed by atoms with van der Waals surface area (Å²) in [5.41, 5.74) is 0. The van der Waals surface area contributed by atoms with Crippen molar-refractivity contribution in [2.24, 2.45) is 0 Å². The van der Waals surface area contributed by atoms with Gasteiger partial charge in [-0.25, -0.2) is 0 Å². The highest BCUT2D eigenvalue weighted by Gasteiger charge is 2.20. The maximum absolute atomic E-state index is 10.8. The van der Waals surface area contributed by atoms with E-state index < -0.39 is 0 Å². The van der Waals surface area contributed by atoms with Crippen molar-refractivity contribution < 1.29 is 14.3 Å². The highest BCUT2D eigenvalue weighted by atomic mass is 16.5. The Labute approximate surface area is 72.2 Å². The van der Waals surface area contributed by atoms with E-state index in [9.17, 15) is 4.79 Å². The van der Waals surface area contributed by atoms with Gasteiger partial charge in [-0.2, -0.15) is 0 Å². The van der Waals surface area contributed by atoms with E-state index in [-0.39, 0.29) is 11.9 Å². The second-order valence-corrected chi connectivity index (χ2v) is 2.87. The Morgan fingerprint density at radius 1 is 1.58 bits per heavy atom. The number of amides is 1.